The van der Waals surface area contributed by atoms with Gasteiger partial charge in [0.15, 0.2) is 0 Å². The van der Waals surface area contributed by atoms with Crippen molar-refractivity contribution in [1.29, 1.82) is 0 Å². The zero-order valence-corrected chi connectivity index (χ0v) is 12.7. The summed E-state index contributed by atoms with van der Waals surface area (Å²) in [5.74, 6) is 0. The fourth-order valence-electron chi connectivity index (χ4n) is 2.34. The zero-order valence-electron chi connectivity index (χ0n) is 12.7. The molecule has 1 aromatic heterocycles. The number of pyridine rings is 1. The van der Waals surface area contributed by atoms with Crippen LogP contribution in [0.25, 0.3) is 11.3 Å². The molecule has 20 heavy (non-hydrogen) atoms. The lowest BCUT2D eigenvalue weighted by atomic mass is 10.0. The number of aryl methyl sites for hydroxylation is 2. The molecule has 0 saturated heterocycles. The van der Waals surface area contributed by atoms with Crippen LogP contribution in [-0.4, -0.2) is 19.1 Å². The average Bonchev–Trinajstić information content (AvgIpc) is 2.43. The summed E-state index contributed by atoms with van der Waals surface area (Å²) >= 11 is 0. The summed E-state index contributed by atoms with van der Waals surface area (Å²) in [4.78, 5) is 17.0. The Bertz CT molecular complexity index is 639. The van der Waals surface area contributed by atoms with E-state index in [2.05, 4.69) is 41.1 Å². The highest BCUT2D eigenvalue weighted by molar-refractivity contribution is 5.66. The molecule has 0 saturated carbocycles. The Kier molecular flexibility index (Phi) is 4.28. The largest absolute Gasteiger partial charge is 0.378 e. The van der Waals surface area contributed by atoms with Crippen LogP contribution in [0.4, 0.5) is 5.69 Å². The molecule has 3 heteroatoms. The van der Waals surface area contributed by atoms with E-state index in [4.69, 9.17) is 0 Å². The van der Waals surface area contributed by atoms with Crippen LogP contribution >= 0.6 is 0 Å². The molecule has 106 valence electrons. The number of H-pyrrole nitrogens is 1. The van der Waals surface area contributed by atoms with Gasteiger partial charge in [0.25, 0.3) is 5.56 Å². The molecule has 0 amide bonds. The molecule has 0 bridgehead atoms. The van der Waals surface area contributed by atoms with Crippen LogP contribution in [0.3, 0.4) is 0 Å². The maximum absolute atomic E-state index is 11.9. The van der Waals surface area contributed by atoms with Crippen LogP contribution in [0.5, 0.6) is 0 Å². The van der Waals surface area contributed by atoms with E-state index in [-0.39, 0.29) is 5.56 Å². The van der Waals surface area contributed by atoms with Crippen molar-refractivity contribution < 1.29 is 0 Å². The molecule has 0 aliphatic carbocycles. The Morgan fingerprint density at radius 2 is 1.80 bits per heavy atom. The molecule has 3 nitrogen and oxygen atoms in total. The van der Waals surface area contributed by atoms with Crippen LogP contribution in [-0.2, 0) is 6.42 Å². The van der Waals surface area contributed by atoms with Crippen molar-refractivity contribution in [2.45, 2.75) is 26.7 Å². The minimum Gasteiger partial charge on any atom is -0.378 e. The van der Waals surface area contributed by atoms with E-state index in [1.807, 2.05) is 27.1 Å². The van der Waals surface area contributed by atoms with Gasteiger partial charge in [0.1, 0.15) is 0 Å². The minimum atomic E-state index is -0.00320. The summed E-state index contributed by atoms with van der Waals surface area (Å²) in [6.45, 7) is 4.01. The Morgan fingerprint density at radius 3 is 2.35 bits per heavy atom. The molecule has 2 aromatic rings. The summed E-state index contributed by atoms with van der Waals surface area (Å²) in [7, 11) is 4.04. The van der Waals surface area contributed by atoms with Crippen molar-refractivity contribution in [3.8, 4) is 11.3 Å². The van der Waals surface area contributed by atoms with Gasteiger partial charge in [-0.3, -0.25) is 4.79 Å². The predicted octanol–water partition coefficient (Wildman–Crippen LogP) is 3.37. The van der Waals surface area contributed by atoms with Crippen molar-refractivity contribution in [2.75, 3.05) is 19.0 Å². The fourth-order valence-corrected chi connectivity index (χ4v) is 2.34. The summed E-state index contributed by atoms with van der Waals surface area (Å²) in [5, 5.41) is 0. The molecule has 0 atom stereocenters. The van der Waals surface area contributed by atoms with E-state index < -0.39 is 0 Å². The van der Waals surface area contributed by atoms with Crippen LogP contribution in [0.2, 0.25) is 0 Å². The Morgan fingerprint density at radius 1 is 1.15 bits per heavy atom. The van der Waals surface area contributed by atoms with Gasteiger partial charge in [-0.15, -0.1) is 0 Å². The van der Waals surface area contributed by atoms with Gasteiger partial charge in [0.2, 0.25) is 0 Å². The van der Waals surface area contributed by atoms with Crippen LogP contribution in [0.1, 0.15) is 24.5 Å². The lowest BCUT2D eigenvalue weighted by Crippen LogP contribution is -2.12. The second kappa shape index (κ2) is 5.95. The molecular formula is C17H22N2O. The quantitative estimate of drug-likeness (QED) is 0.924. The van der Waals surface area contributed by atoms with Crippen molar-refractivity contribution in [3.05, 3.63) is 51.8 Å². The standard InChI is InChI=1S/C17H22N2O/c1-5-6-14-11-12(2)17(20)18-16(14)13-7-9-15(10-8-13)19(3)4/h7-11H,5-6H2,1-4H3,(H,18,20). The normalized spacial score (nSPS) is 10.6. The molecule has 0 fully saturated rings. The van der Waals surface area contributed by atoms with Gasteiger partial charge >= 0.3 is 0 Å². The van der Waals surface area contributed by atoms with E-state index in [0.717, 1.165) is 35.3 Å². The van der Waals surface area contributed by atoms with Gasteiger partial charge in [-0.05, 0) is 42.7 Å². The van der Waals surface area contributed by atoms with Gasteiger partial charge in [-0.25, -0.2) is 0 Å². The van der Waals surface area contributed by atoms with Gasteiger partial charge < -0.3 is 9.88 Å². The molecule has 0 spiro atoms. The first kappa shape index (κ1) is 14.4. The third-order valence-corrected chi connectivity index (χ3v) is 3.50. The second-order valence-electron chi connectivity index (χ2n) is 5.37. The van der Waals surface area contributed by atoms with Crippen LogP contribution in [0.15, 0.2) is 35.1 Å². The lowest BCUT2D eigenvalue weighted by molar-refractivity contribution is 0.910. The third-order valence-electron chi connectivity index (χ3n) is 3.50. The average molecular weight is 270 g/mol. The maximum atomic E-state index is 11.9. The second-order valence-corrected chi connectivity index (χ2v) is 5.37. The number of rotatable bonds is 4. The Balaban J connectivity index is 2.50. The van der Waals surface area contributed by atoms with E-state index in [1.54, 1.807) is 0 Å². The SMILES string of the molecule is CCCc1cc(C)c(=O)[nH]c1-c1ccc(N(C)C)cc1. The number of nitrogens with one attached hydrogen (secondary N) is 1. The van der Waals surface area contributed by atoms with Gasteiger partial charge in [0, 0.05) is 25.3 Å². The number of aromatic amines is 1. The molecule has 0 aliphatic rings. The molecule has 1 heterocycles. The lowest BCUT2D eigenvalue weighted by Gasteiger charge is -2.14. The summed E-state index contributed by atoms with van der Waals surface area (Å²) in [6.07, 6.45) is 2.04. The topological polar surface area (TPSA) is 36.1 Å². The fraction of sp³-hybridized carbons (Fsp3) is 0.353. The Labute approximate surface area is 120 Å². The van der Waals surface area contributed by atoms with E-state index in [9.17, 15) is 4.79 Å². The summed E-state index contributed by atoms with van der Waals surface area (Å²) in [5.41, 5.74) is 5.16. The summed E-state index contributed by atoms with van der Waals surface area (Å²) in [6, 6.07) is 10.3. The first-order chi connectivity index (χ1) is 9.52. The van der Waals surface area contributed by atoms with Crippen LogP contribution < -0.4 is 10.5 Å². The first-order valence-corrected chi connectivity index (χ1v) is 7.03. The van der Waals surface area contributed by atoms with E-state index >= 15 is 0 Å². The first-order valence-electron chi connectivity index (χ1n) is 7.03. The molecule has 1 N–H and O–H groups in total. The van der Waals surface area contributed by atoms with Crippen molar-refractivity contribution in [3.63, 3.8) is 0 Å². The maximum Gasteiger partial charge on any atom is 0.251 e. The van der Waals surface area contributed by atoms with Crippen molar-refractivity contribution in [2.24, 2.45) is 0 Å². The Hall–Kier alpha value is -2.03. The minimum absolute atomic E-state index is 0.00320. The molecular weight excluding hydrogens is 248 g/mol. The highest BCUT2D eigenvalue weighted by Gasteiger charge is 2.08. The molecule has 0 unspecified atom stereocenters. The smallest absolute Gasteiger partial charge is 0.251 e. The molecule has 2 rings (SSSR count). The number of hydrogen-bond acceptors (Lipinski definition) is 2. The summed E-state index contributed by atoms with van der Waals surface area (Å²) < 4.78 is 0. The highest BCUT2D eigenvalue weighted by Crippen LogP contribution is 2.24. The van der Waals surface area contributed by atoms with Gasteiger partial charge in [0.05, 0.1) is 5.69 Å². The number of benzene rings is 1. The highest BCUT2D eigenvalue weighted by atomic mass is 16.1. The van der Waals surface area contributed by atoms with Crippen LogP contribution in [0, 0.1) is 6.92 Å². The molecule has 1 aromatic carbocycles. The molecule has 0 aliphatic heterocycles. The number of nitrogens with zero attached hydrogens (tertiary/aromatic N) is 1. The molecule has 0 radical (unpaired) electrons. The van der Waals surface area contributed by atoms with E-state index in [0.29, 0.717) is 0 Å². The zero-order chi connectivity index (χ0) is 14.7. The number of hydrogen-bond donors (Lipinski definition) is 1. The van der Waals surface area contributed by atoms with Crippen molar-refractivity contribution in [1.82, 2.24) is 4.98 Å². The monoisotopic (exact) mass is 270 g/mol. The number of anilines is 1. The van der Waals surface area contributed by atoms with Gasteiger partial charge in [-0.2, -0.15) is 0 Å². The van der Waals surface area contributed by atoms with Crippen molar-refractivity contribution >= 4 is 5.69 Å². The third kappa shape index (κ3) is 2.93. The number of aromatic nitrogens is 1. The predicted molar refractivity (Wildman–Crippen MR) is 85.6 cm³/mol. The van der Waals surface area contributed by atoms with E-state index in [1.165, 1.54) is 5.56 Å². The van der Waals surface area contributed by atoms with Gasteiger partial charge in [-0.1, -0.05) is 25.5 Å².